The molecule has 2 aromatic rings. The maximum Gasteiger partial charge on any atom is 0.304 e. The number of nitrogens with zero attached hydrogens (tertiary/aromatic N) is 2. The first kappa shape index (κ1) is 28.7. The van der Waals surface area contributed by atoms with Gasteiger partial charge in [0.05, 0.1) is 13.0 Å². The van der Waals surface area contributed by atoms with Gasteiger partial charge in [0.2, 0.25) is 11.6 Å². The predicted molar refractivity (Wildman–Crippen MR) is 122 cm³/mol. The average molecular weight is 567 g/mol. The molecule has 1 fully saturated rings. The fourth-order valence-electron chi connectivity index (χ4n) is 3.70. The number of hydrogen-bond donors (Lipinski definition) is 1. The number of piperazine rings is 1. The number of Topliss-reactive ketones (excluding diaryl/α,β-unsaturated/α-hetero) is 2. The van der Waals surface area contributed by atoms with E-state index >= 15 is 0 Å². The molecular formula is C22H22F4N2O7S2. The first-order chi connectivity index (χ1) is 17.4. The number of carboxylic acid groups (broad SMARTS) is 1. The Morgan fingerprint density at radius 1 is 1.03 bits per heavy atom. The van der Waals surface area contributed by atoms with Gasteiger partial charge in [-0.25, -0.2) is 17.2 Å². The van der Waals surface area contributed by atoms with Crippen LogP contribution in [0.25, 0.3) is 0 Å². The van der Waals surface area contributed by atoms with Crippen molar-refractivity contribution in [1.82, 2.24) is 9.21 Å². The summed E-state index contributed by atoms with van der Waals surface area (Å²) >= 11 is 1.09. The summed E-state index contributed by atoms with van der Waals surface area (Å²) in [5, 5.41) is 10.7. The van der Waals surface area contributed by atoms with E-state index in [0.717, 1.165) is 11.3 Å². The Labute approximate surface area is 213 Å². The third-order valence-electron chi connectivity index (χ3n) is 5.60. The van der Waals surface area contributed by atoms with Crippen molar-refractivity contribution in [1.29, 1.82) is 0 Å². The summed E-state index contributed by atoms with van der Waals surface area (Å²) in [6.07, 6.45) is -1.33. The van der Waals surface area contributed by atoms with E-state index in [2.05, 4.69) is 4.74 Å². The van der Waals surface area contributed by atoms with Gasteiger partial charge in [0.1, 0.15) is 16.6 Å². The van der Waals surface area contributed by atoms with E-state index in [-0.39, 0.29) is 43.0 Å². The highest BCUT2D eigenvalue weighted by Crippen LogP contribution is 2.27. The normalized spacial score (nSPS) is 15.9. The van der Waals surface area contributed by atoms with Crippen LogP contribution < -0.4 is 4.74 Å². The number of ketones is 2. The second-order valence-corrected chi connectivity index (χ2v) is 11.3. The molecule has 9 nitrogen and oxygen atoms in total. The van der Waals surface area contributed by atoms with Crippen LogP contribution >= 0.6 is 11.3 Å². The molecule has 1 aromatic heterocycles. The van der Waals surface area contributed by atoms with E-state index in [1.807, 2.05) is 0 Å². The molecule has 0 radical (unpaired) electrons. The van der Waals surface area contributed by atoms with Crippen molar-refractivity contribution in [2.75, 3.05) is 39.3 Å². The lowest BCUT2D eigenvalue weighted by Gasteiger charge is -2.33. The molecule has 0 spiro atoms. The molecule has 1 aliphatic rings. The van der Waals surface area contributed by atoms with Crippen molar-refractivity contribution in [3.05, 3.63) is 46.8 Å². The Morgan fingerprint density at radius 2 is 1.65 bits per heavy atom. The van der Waals surface area contributed by atoms with Crippen LogP contribution in [0.15, 0.2) is 27.8 Å². The number of carbonyl (C=O) groups is 3. The lowest BCUT2D eigenvalue weighted by atomic mass is 9.94. The largest absolute Gasteiger partial charge is 0.481 e. The van der Waals surface area contributed by atoms with E-state index in [1.165, 1.54) is 10.4 Å². The Balaban J connectivity index is 1.56. The number of rotatable bonds is 12. The van der Waals surface area contributed by atoms with Crippen molar-refractivity contribution < 1.29 is 50.2 Å². The number of benzene rings is 1. The summed E-state index contributed by atoms with van der Waals surface area (Å²) in [5.74, 6) is -13.1. The summed E-state index contributed by atoms with van der Waals surface area (Å²) < 4.78 is 85.4. The molecule has 0 amide bonds. The molecular weight excluding hydrogens is 544 g/mol. The second-order valence-electron chi connectivity index (χ2n) is 8.20. The summed E-state index contributed by atoms with van der Waals surface area (Å²) in [5.41, 5.74) is 0. The maximum absolute atomic E-state index is 13.7. The molecule has 1 atom stereocenters. The van der Waals surface area contributed by atoms with Gasteiger partial charge in [-0.3, -0.25) is 19.3 Å². The van der Waals surface area contributed by atoms with Crippen molar-refractivity contribution in [2.24, 2.45) is 5.92 Å². The van der Waals surface area contributed by atoms with Gasteiger partial charge in [0.15, 0.2) is 23.2 Å². The highest BCUT2D eigenvalue weighted by atomic mass is 32.2. The number of thiophene rings is 1. The van der Waals surface area contributed by atoms with Crippen LogP contribution in [0.3, 0.4) is 0 Å². The van der Waals surface area contributed by atoms with Gasteiger partial charge in [0, 0.05) is 44.6 Å². The van der Waals surface area contributed by atoms with Gasteiger partial charge < -0.3 is 9.84 Å². The van der Waals surface area contributed by atoms with Crippen molar-refractivity contribution in [3.8, 4) is 5.75 Å². The molecule has 37 heavy (non-hydrogen) atoms. The highest BCUT2D eigenvalue weighted by Gasteiger charge is 2.31. The molecule has 202 valence electrons. The molecule has 0 unspecified atom stereocenters. The summed E-state index contributed by atoms with van der Waals surface area (Å²) in [6, 6.07) is 3.07. The third kappa shape index (κ3) is 7.12. The van der Waals surface area contributed by atoms with Crippen LogP contribution in [-0.2, 0) is 24.4 Å². The van der Waals surface area contributed by atoms with Gasteiger partial charge in [-0.2, -0.15) is 13.1 Å². The van der Waals surface area contributed by atoms with E-state index in [1.54, 1.807) is 16.3 Å². The summed E-state index contributed by atoms with van der Waals surface area (Å²) in [4.78, 5) is 37.9. The number of sulfonamides is 1. The van der Waals surface area contributed by atoms with Gasteiger partial charge in [0.25, 0.3) is 10.0 Å². The minimum atomic E-state index is -3.64. The first-order valence-electron chi connectivity index (χ1n) is 10.9. The quantitative estimate of drug-likeness (QED) is 0.307. The van der Waals surface area contributed by atoms with Crippen LogP contribution in [0.4, 0.5) is 17.6 Å². The zero-order chi connectivity index (χ0) is 27.3. The molecule has 0 saturated carbocycles. The first-order valence-corrected chi connectivity index (χ1v) is 13.2. The van der Waals surface area contributed by atoms with Gasteiger partial charge in [-0.1, -0.05) is 6.07 Å². The van der Waals surface area contributed by atoms with Gasteiger partial charge >= 0.3 is 5.97 Å². The smallest absolute Gasteiger partial charge is 0.304 e. The van der Waals surface area contributed by atoms with Crippen molar-refractivity contribution in [3.63, 3.8) is 0 Å². The van der Waals surface area contributed by atoms with Gasteiger partial charge in [-0.15, -0.1) is 11.3 Å². The number of carboxylic acids is 1. The lowest BCUT2D eigenvalue weighted by molar-refractivity contribution is -0.141. The fraction of sp³-hybridized carbons (Fsp3) is 0.409. The van der Waals surface area contributed by atoms with Crippen molar-refractivity contribution in [2.45, 2.75) is 17.1 Å². The molecule has 15 heteroatoms. The topological polar surface area (TPSA) is 121 Å². The Kier molecular flexibility index (Phi) is 9.39. The molecule has 1 saturated heterocycles. The van der Waals surface area contributed by atoms with Gasteiger partial charge in [-0.05, 0) is 11.4 Å². The van der Waals surface area contributed by atoms with E-state index in [9.17, 15) is 40.4 Å². The molecule has 1 N–H and O–H groups in total. The zero-order valence-electron chi connectivity index (χ0n) is 19.2. The molecule has 3 rings (SSSR count). The van der Waals surface area contributed by atoms with E-state index in [0.29, 0.717) is 0 Å². The average Bonchev–Trinajstić information content (AvgIpc) is 3.38. The van der Waals surface area contributed by atoms with Crippen molar-refractivity contribution >= 4 is 38.9 Å². The maximum atomic E-state index is 13.7. The lowest BCUT2D eigenvalue weighted by Crippen LogP contribution is -2.49. The molecule has 1 aromatic carbocycles. The number of carbonyl (C=O) groups excluding carboxylic acids is 2. The monoisotopic (exact) mass is 566 g/mol. The van der Waals surface area contributed by atoms with E-state index < -0.39 is 81.9 Å². The zero-order valence-corrected chi connectivity index (χ0v) is 20.8. The standard InChI is InChI=1S/C22H22F4N2O7S2/c23-15-10-16(24)21(26)22(20(15)25)35-12-17(30)13(9-18(31)32)8-14(29)11-27-3-5-28(6-4-27)37(33,34)19-2-1-7-36-19/h1-2,7,10,13H,3-6,8-9,11-12H2,(H,31,32)/t13-/m0/s1. The number of halogens is 4. The Bertz CT molecular complexity index is 1240. The highest BCUT2D eigenvalue weighted by molar-refractivity contribution is 7.91. The number of aliphatic carboxylic acids is 1. The molecule has 0 aliphatic carbocycles. The van der Waals surface area contributed by atoms with Crippen LogP contribution in [-0.4, -0.2) is 79.6 Å². The van der Waals surface area contributed by atoms with Crippen LogP contribution in [0.5, 0.6) is 5.75 Å². The van der Waals surface area contributed by atoms with Crippen LogP contribution in [0, 0.1) is 29.2 Å². The molecule has 1 aliphatic heterocycles. The minimum absolute atomic E-state index is 0.0390. The Morgan fingerprint density at radius 3 is 2.19 bits per heavy atom. The summed E-state index contributed by atoms with van der Waals surface area (Å²) in [7, 11) is -3.64. The third-order valence-corrected chi connectivity index (χ3v) is 8.87. The Hall–Kier alpha value is -2.88. The number of ether oxygens (including phenoxy) is 1. The minimum Gasteiger partial charge on any atom is -0.481 e. The molecule has 2 heterocycles. The summed E-state index contributed by atoms with van der Waals surface area (Å²) in [6.45, 7) is -0.613. The molecule has 0 bridgehead atoms. The number of hydrogen-bond acceptors (Lipinski definition) is 8. The van der Waals surface area contributed by atoms with Crippen LogP contribution in [0.1, 0.15) is 12.8 Å². The van der Waals surface area contributed by atoms with Crippen LogP contribution in [0.2, 0.25) is 0 Å². The SMILES string of the molecule is O=C(O)C[C@H](CC(=O)CN1CCN(S(=O)(=O)c2cccs2)CC1)C(=O)COc1c(F)c(F)cc(F)c1F. The fourth-order valence-corrected chi connectivity index (χ4v) is 6.27. The van der Waals surface area contributed by atoms with E-state index in [4.69, 9.17) is 5.11 Å². The predicted octanol–water partition coefficient (Wildman–Crippen LogP) is 2.31. The second kappa shape index (κ2) is 12.1.